The summed E-state index contributed by atoms with van der Waals surface area (Å²) in [6.45, 7) is 4.15. The van der Waals surface area contributed by atoms with Crippen LogP contribution in [-0.4, -0.2) is 47.4 Å². The highest BCUT2D eigenvalue weighted by molar-refractivity contribution is 5.91. The summed E-state index contributed by atoms with van der Waals surface area (Å²) >= 11 is 0. The molecule has 4 saturated carbocycles. The van der Waals surface area contributed by atoms with Gasteiger partial charge in [0.15, 0.2) is 0 Å². The zero-order valence-corrected chi connectivity index (χ0v) is 18.7. The number of carbonyl (C=O) groups is 2. The van der Waals surface area contributed by atoms with E-state index >= 15 is 0 Å². The number of aryl methyl sites for hydroxylation is 1. The van der Waals surface area contributed by atoms with Gasteiger partial charge in [0.25, 0.3) is 0 Å². The number of nitrogens with one attached hydrogen (secondary N) is 2. The van der Waals surface area contributed by atoms with Crippen LogP contribution in [-0.2, 0) is 9.59 Å². The van der Waals surface area contributed by atoms with Crippen LogP contribution in [0.2, 0.25) is 0 Å². The van der Waals surface area contributed by atoms with Gasteiger partial charge in [0.05, 0.1) is 5.41 Å². The molecule has 1 aliphatic heterocycles. The van der Waals surface area contributed by atoms with E-state index in [1.165, 1.54) is 19.3 Å². The van der Waals surface area contributed by atoms with Crippen molar-refractivity contribution in [3.8, 4) is 0 Å². The summed E-state index contributed by atoms with van der Waals surface area (Å²) in [5, 5.41) is 6.37. The molecule has 1 aromatic rings. The van der Waals surface area contributed by atoms with Crippen LogP contribution in [0.5, 0.6) is 0 Å². The monoisotopic (exact) mass is 424 g/mol. The first-order valence-corrected chi connectivity index (χ1v) is 12.3. The zero-order valence-electron chi connectivity index (χ0n) is 18.7. The smallest absolute Gasteiger partial charge is 0.242 e. The number of amides is 2. The first-order chi connectivity index (χ1) is 15.0. The molecule has 6 rings (SSSR count). The second-order valence-electron chi connectivity index (χ2n) is 10.6. The minimum atomic E-state index is -0.271. The Morgan fingerprint density at radius 3 is 2.45 bits per heavy atom. The maximum Gasteiger partial charge on any atom is 0.242 e. The molecule has 2 heterocycles. The number of hydrogen-bond acceptors (Lipinski definition) is 4. The second-order valence-corrected chi connectivity index (χ2v) is 10.6. The van der Waals surface area contributed by atoms with Crippen molar-refractivity contribution in [3.63, 3.8) is 0 Å². The van der Waals surface area contributed by atoms with Gasteiger partial charge in [-0.05, 0) is 94.1 Å². The van der Waals surface area contributed by atoms with Crippen molar-refractivity contribution in [2.45, 2.75) is 70.8 Å². The minimum absolute atomic E-state index is 0.0315. The zero-order chi connectivity index (χ0) is 21.4. The van der Waals surface area contributed by atoms with E-state index in [0.29, 0.717) is 12.5 Å². The first kappa shape index (κ1) is 20.8. The summed E-state index contributed by atoms with van der Waals surface area (Å²) in [7, 11) is 0. The van der Waals surface area contributed by atoms with Gasteiger partial charge in [0, 0.05) is 25.8 Å². The molecule has 6 nitrogen and oxygen atoms in total. The second kappa shape index (κ2) is 8.44. The predicted molar refractivity (Wildman–Crippen MR) is 120 cm³/mol. The Hall–Kier alpha value is -2.11. The number of rotatable bonds is 7. The topological polar surface area (TPSA) is 74.3 Å². The van der Waals surface area contributed by atoms with Crippen molar-refractivity contribution in [3.05, 3.63) is 23.9 Å². The lowest BCUT2D eigenvalue weighted by Gasteiger charge is -2.56. The number of pyridine rings is 1. The largest absolute Gasteiger partial charge is 0.370 e. The average Bonchev–Trinajstić information content (AvgIpc) is 3.23. The third kappa shape index (κ3) is 4.18. The van der Waals surface area contributed by atoms with Gasteiger partial charge >= 0.3 is 0 Å². The molecule has 0 aromatic carbocycles. The molecule has 0 radical (unpaired) electrons. The van der Waals surface area contributed by atoms with Crippen molar-refractivity contribution in [2.75, 3.05) is 25.0 Å². The lowest BCUT2D eigenvalue weighted by Crippen LogP contribution is -2.57. The fourth-order valence-electron chi connectivity index (χ4n) is 7.17. The number of carbonyl (C=O) groups excluding carboxylic acids is 2. The van der Waals surface area contributed by atoms with Gasteiger partial charge in [0.1, 0.15) is 11.9 Å². The van der Waals surface area contributed by atoms with Crippen LogP contribution in [0.4, 0.5) is 5.82 Å². The van der Waals surface area contributed by atoms with E-state index in [1.54, 1.807) is 0 Å². The summed E-state index contributed by atoms with van der Waals surface area (Å²) in [6.07, 6.45) is 11.6. The lowest BCUT2D eigenvalue weighted by molar-refractivity contribution is -0.160. The fourth-order valence-corrected chi connectivity index (χ4v) is 7.17. The van der Waals surface area contributed by atoms with Gasteiger partial charge in [-0.15, -0.1) is 0 Å². The Kier molecular flexibility index (Phi) is 5.65. The van der Waals surface area contributed by atoms with E-state index in [2.05, 4.69) is 15.6 Å². The summed E-state index contributed by atoms with van der Waals surface area (Å²) in [4.78, 5) is 32.9. The molecule has 2 amide bonds. The molecule has 5 aliphatic rings. The third-order valence-electron chi connectivity index (χ3n) is 8.18. The summed E-state index contributed by atoms with van der Waals surface area (Å²) in [5.41, 5.74) is 0.991. The highest BCUT2D eigenvalue weighted by Crippen LogP contribution is 2.60. The molecular formula is C25H36N4O2. The summed E-state index contributed by atoms with van der Waals surface area (Å²) in [5.74, 6) is 3.45. The van der Waals surface area contributed by atoms with Crippen LogP contribution in [0.1, 0.15) is 63.4 Å². The number of anilines is 1. The van der Waals surface area contributed by atoms with Gasteiger partial charge in [-0.2, -0.15) is 0 Å². The Labute approximate surface area is 185 Å². The van der Waals surface area contributed by atoms with Crippen LogP contribution in [0.25, 0.3) is 0 Å². The van der Waals surface area contributed by atoms with Crippen LogP contribution in [0.15, 0.2) is 18.3 Å². The standard InChI is InChI=1S/C25H36N4O2/c1-17-5-6-22(28-16-17)26-7-3-8-27-23(30)21-4-2-9-29(21)24(31)25-13-18-10-19(14-25)12-20(11-18)15-25/h5-6,16,18-21H,2-4,7-15H2,1H3,(H,26,28)(H,27,30)/t18?,19?,20?,21-,25?/m1/s1. The molecule has 1 atom stereocenters. The molecule has 0 spiro atoms. The Balaban J connectivity index is 1.12. The quantitative estimate of drug-likeness (QED) is 0.657. The van der Waals surface area contributed by atoms with E-state index in [4.69, 9.17) is 0 Å². The number of hydrogen-bond donors (Lipinski definition) is 2. The fraction of sp³-hybridized carbons (Fsp3) is 0.720. The predicted octanol–water partition coefficient (Wildman–Crippen LogP) is 3.52. The normalized spacial score (nSPS) is 33.5. The number of aromatic nitrogens is 1. The van der Waals surface area contributed by atoms with Crippen LogP contribution in [0.3, 0.4) is 0 Å². The van der Waals surface area contributed by atoms with Crippen LogP contribution >= 0.6 is 0 Å². The van der Waals surface area contributed by atoms with Crippen molar-refractivity contribution in [2.24, 2.45) is 23.2 Å². The molecule has 6 heteroatoms. The highest BCUT2D eigenvalue weighted by Gasteiger charge is 2.56. The Bertz CT molecular complexity index is 786. The van der Waals surface area contributed by atoms with E-state index in [1.807, 2.05) is 30.2 Å². The molecule has 1 saturated heterocycles. The molecule has 4 aliphatic carbocycles. The number of nitrogens with zero attached hydrogens (tertiary/aromatic N) is 2. The maximum atomic E-state index is 13.7. The maximum absolute atomic E-state index is 13.7. The SMILES string of the molecule is Cc1ccc(NCCCNC(=O)[C@H]2CCCN2C(=O)C23CC4CC(CC(C4)C2)C3)nc1. The van der Waals surface area contributed by atoms with Gasteiger partial charge in [-0.3, -0.25) is 9.59 Å². The Morgan fingerprint density at radius 1 is 1.10 bits per heavy atom. The van der Waals surface area contributed by atoms with Crippen LogP contribution in [0, 0.1) is 30.1 Å². The molecule has 31 heavy (non-hydrogen) atoms. The molecule has 1 aromatic heterocycles. The van der Waals surface area contributed by atoms with Gasteiger partial charge < -0.3 is 15.5 Å². The van der Waals surface area contributed by atoms with Crippen molar-refractivity contribution < 1.29 is 9.59 Å². The molecule has 4 bridgehead atoms. The van der Waals surface area contributed by atoms with Crippen LogP contribution < -0.4 is 10.6 Å². The number of likely N-dealkylation sites (tertiary alicyclic amines) is 1. The van der Waals surface area contributed by atoms with Crippen molar-refractivity contribution in [1.29, 1.82) is 0 Å². The molecule has 5 fully saturated rings. The third-order valence-corrected chi connectivity index (χ3v) is 8.18. The van der Waals surface area contributed by atoms with Crippen molar-refractivity contribution in [1.82, 2.24) is 15.2 Å². The molecule has 2 N–H and O–H groups in total. The van der Waals surface area contributed by atoms with Gasteiger partial charge in [0.2, 0.25) is 11.8 Å². The molecule has 168 valence electrons. The van der Waals surface area contributed by atoms with E-state index < -0.39 is 0 Å². The highest BCUT2D eigenvalue weighted by atomic mass is 16.2. The van der Waals surface area contributed by atoms with E-state index in [0.717, 1.165) is 80.7 Å². The van der Waals surface area contributed by atoms with E-state index in [-0.39, 0.29) is 17.4 Å². The molecule has 0 unspecified atom stereocenters. The van der Waals surface area contributed by atoms with Gasteiger partial charge in [-0.1, -0.05) is 6.07 Å². The van der Waals surface area contributed by atoms with E-state index in [9.17, 15) is 9.59 Å². The summed E-state index contributed by atoms with van der Waals surface area (Å²) in [6, 6.07) is 3.74. The minimum Gasteiger partial charge on any atom is -0.370 e. The van der Waals surface area contributed by atoms with Crippen molar-refractivity contribution >= 4 is 17.6 Å². The summed E-state index contributed by atoms with van der Waals surface area (Å²) < 4.78 is 0. The average molecular weight is 425 g/mol. The lowest BCUT2D eigenvalue weighted by atomic mass is 9.49. The van der Waals surface area contributed by atoms with Gasteiger partial charge in [-0.25, -0.2) is 4.98 Å². The first-order valence-electron chi connectivity index (χ1n) is 12.3. The molecular weight excluding hydrogens is 388 g/mol. The Morgan fingerprint density at radius 2 is 1.81 bits per heavy atom.